The maximum absolute atomic E-state index is 4.55. The van der Waals surface area contributed by atoms with E-state index < -0.39 is 0 Å². The molecule has 2 aromatic heterocycles. The first-order valence-corrected chi connectivity index (χ1v) is 9.19. The zero-order valence-corrected chi connectivity index (χ0v) is 14.8. The fraction of sp³-hybridized carbons (Fsp3) is 0.400. The number of piperidine rings is 1. The lowest BCUT2D eigenvalue weighted by atomic mass is 10.1. The van der Waals surface area contributed by atoms with Gasteiger partial charge in [0.1, 0.15) is 17.3 Å². The molecule has 1 aliphatic heterocycles. The van der Waals surface area contributed by atoms with E-state index in [1.807, 2.05) is 19.2 Å². The third-order valence-corrected chi connectivity index (χ3v) is 4.87. The van der Waals surface area contributed by atoms with E-state index in [0.717, 1.165) is 35.6 Å². The molecule has 0 spiro atoms. The average molecular weight is 335 g/mol. The Labute approximate surface area is 148 Å². The summed E-state index contributed by atoms with van der Waals surface area (Å²) < 4.78 is 0. The summed E-state index contributed by atoms with van der Waals surface area (Å²) in [7, 11) is 0. The predicted molar refractivity (Wildman–Crippen MR) is 103 cm³/mol. The molecule has 0 radical (unpaired) electrons. The number of hydrogen-bond acceptors (Lipinski definition) is 4. The van der Waals surface area contributed by atoms with Crippen molar-refractivity contribution in [2.45, 2.75) is 32.6 Å². The van der Waals surface area contributed by atoms with Crippen LogP contribution in [0.2, 0.25) is 0 Å². The number of fused-ring (bicyclic) bond motifs is 1. The molecule has 3 aromatic rings. The largest absolute Gasteiger partial charge is 0.372 e. The molecule has 5 nitrogen and oxygen atoms in total. The van der Waals surface area contributed by atoms with Crippen LogP contribution in [0.5, 0.6) is 0 Å². The van der Waals surface area contributed by atoms with Crippen molar-refractivity contribution in [2.75, 3.05) is 29.9 Å². The number of aryl methyl sites for hydroxylation is 1. The molecule has 5 heteroatoms. The molecular formula is C20H25N5. The third-order valence-electron chi connectivity index (χ3n) is 4.87. The molecule has 0 aliphatic carbocycles. The number of anilines is 2. The van der Waals surface area contributed by atoms with E-state index in [2.05, 4.69) is 49.4 Å². The van der Waals surface area contributed by atoms with Gasteiger partial charge in [-0.05, 0) is 56.4 Å². The van der Waals surface area contributed by atoms with Gasteiger partial charge in [0.25, 0.3) is 0 Å². The zero-order chi connectivity index (χ0) is 17.1. The normalized spacial score (nSPS) is 14.8. The Morgan fingerprint density at radius 1 is 1.12 bits per heavy atom. The topological polar surface area (TPSA) is 56.8 Å². The van der Waals surface area contributed by atoms with Gasteiger partial charge in [-0.3, -0.25) is 0 Å². The first-order chi connectivity index (χ1) is 12.3. The number of aromatic amines is 1. The number of hydrogen-bond donors (Lipinski definition) is 2. The Hall–Kier alpha value is -2.56. The standard InChI is InChI=1S/C20H25N5/c1-15-23-19(18-9-11-22-20(18)24-15)21-10-8-16-6-5-7-17(14-16)25-12-3-2-4-13-25/h5-7,9,11,14H,2-4,8,10,12-13H2,1H3,(H2,21,22,23,24). The van der Waals surface area contributed by atoms with Crippen LogP contribution in [-0.2, 0) is 6.42 Å². The molecule has 130 valence electrons. The van der Waals surface area contributed by atoms with Crippen molar-refractivity contribution in [3.63, 3.8) is 0 Å². The van der Waals surface area contributed by atoms with E-state index in [1.54, 1.807) is 0 Å². The fourth-order valence-corrected chi connectivity index (χ4v) is 3.57. The molecule has 2 N–H and O–H groups in total. The molecule has 1 saturated heterocycles. The van der Waals surface area contributed by atoms with Crippen molar-refractivity contribution in [2.24, 2.45) is 0 Å². The second kappa shape index (κ2) is 7.13. The summed E-state index contributed by atoms with van der Waals surface area (Å²) in [5.41, 5.74) is 3.62. The number of H-pyrrole nitrogens is 1. The molecule has 25 heavy (non-hydrogen) atoms. The highest BCUT2D eigenvalue weighted by molar-refractivity contribution is 5.86. The number of nitrogens with one attached hydrogen (secondary N) is 2. The minimum Gasteiger partial charge on any atom is -0.372 e. The summed E-state index contributed by atoms with van der Waals surface area (Å²) in [5, 5.41) is 4.53. The molecule has 1 fully saturated rings. The predicted octanol–water partition coefficient (Wildman–Crippen LogP) is 3.91. The third kappa shape index (κ3) is 3.60. The lowest BCUT2D eigenvalue weighted by Crippen LogP contribution is -2.29. The molecule has 0 bridgehead atoms. The van der Waals surface area contributed by atoms with Crippen LogP contribution < -0.4 is 10.2 Å². The summed E-state index contributed by atoms with van der Waals surface area (Å²) >= 11 is 0. The summed E-state index contributed by atoms with van der Waals surface area (Å²) in [6.07, 6.45) is 6.88. The maximum atomic E-state index is 4.55. The van der Waals surface area contributed by atoms with Crippen LogP contribution in [0.1, 0.15) is 30.7 Å². The van der Waals surface area contributed by atoms with Crippen LogP contribution in [-0.4, -0.2) is 34.6 Å². The quantitative estimate of drug-likeness (QED) is 0.742. The van der Waals surface area contributed by atoms with Crippen LogP contribution in [0.3, 0.4) is 0 Å². The van der Waals surface area contributed by atoms with Crippen LogP contribution in [0.4, 0.5) is 11.5 Å². The van der Waals surface area contributed by atoms with Gasteiger partial charge in [0.05, 0.1) is 5.39 Å². The summed E-state index contributed by atoms with van der Waals surface area (Å²) in [6.45, 7) is 5.16. The van der Waals surface area contributed by atoms with Crippen molar-refractivity contribution >= 4 is 22.5 Å². The number of rotatable bonds is 5. The highest BCUT2D eigenvalue weighted by Gasteiger charge is 2.11. The van der Waals surface area contributed by atoms with Gasteiger partial charge in [-0.1, -0.05) is 12.1 Å². The van der Waals surface area contributed by atoms with Crippen molar-refractivity contribution in [1.82, 2.24) is 15.0 Å². The van der Waals surface area contributed by atoms with E-state index in [1.165, 1.54) is 43.6 Å². The average Bonchev–Trinajstić information content (AvgIpc) is 3.11. The summed E-state index contributed by atoms with van der Waals surface area (Å²) in [4.78, 5) is 14.6. The van der Waals surface area contributed by atoms with E-state index in [-0.39, 0.29) is 0 Å². The molecule has 1 aliphatic rings. The van der Waals surface area contributed by atoms with E-state index in [0.29, 0.717) is 0 Å². The Bertz CT molecular complexity index is 848. The maximum Gasteiger partial charge on any atom is 0.143 e. The Balaban J connectivity index is 1.42. The lowest BCUT2D eigenvalue weighted by molar-refractivity contribution is 0.577. The molecular weight excluding hydrogens is 310 g/mol. The van der Waals surface area contributed by atoms with E-state index in [9.17, 15) is 0 Å². The van der Waals surface area contributed by atoms with Gasteiger partial charge in [-0.15, -0.1) is 0 Å². The second-order valence-electron chi connectivity index (χ2n) is 6.75. The summed E-state index contributed by atoms with van der Waals surface area (Å²) in [5.74, 6) is 1.69. The molecule has 0 saturated carbocycles. The highest BCUT2D eigenvalue weighted by atomic mass is 15.1. The van der Waals surface area contributed by atoms with Crippen molar-refractivity contribution in [3.05, 3.63) is 47.9 Å². The molecule has 0 amide bonds. The van der Waals surface area contributed by atoms with Crippen LogP contribution in [0, 0.1) is 6.92 Å². The SMILES string of the molecule is Cc1nc(NCCc2cccc(N3CCCCC3)c2)c2cc[nH]c2n1. The minimum absolute atomic E-state index is 0.782. The van der Waals surface area contributed by atoms with E-state index >= 15 is 0 Å². The van der Waals surface area contributed by atoms with Crippen LogP contribution >= 0.6 is 0 Å². The van der Waals surface area contributed by atoms with Crippen molar-refractivity contribution in [3.8, 4) is 0 Å². The van der Waals surface area contributed by atoms with Crippen molar-refractivity contribution in [1.29, 1.82) is 0 Å². The number of benzene rings is 1. The van der Waals surface area contributed by atoms with Crippen LogP contribution in [0.25, 0.3) is 11.0 Å². The fourth-order valence-electron chi connectivity index (χ4n) is 3.57. The van der Waals surface area contributed by atoms with Gasteiger partial charge in [0.2, 0.25) is 0 Å². The Morgan fingerprint density at radius 2 is 2.00 bits per heavy atom. The lowest BCUT2D eigenvalue weighted by Gasteiger charge is -2.29. The van der Waals surface area contributed by atoms with Gasteiger partial charge in [0, 0.05) is 31.5 Å². The smallest absolute Gasteiger partial charge is 0.143 e. The molecule has 0 unspecified atom stereocenters. The Morgan fingerprint density at radius 3 is 2.88 bits per heavy atom. The zero-order valence-electron chi connectivity index (χ0n) is 14.8. The Kier molecular flexibility index (Phi) is 4.55. The first-order valence-electron chi connectivity index (χ1n) is 9.19. The van der Waals surface area contributed by atoms with Gasteiger partial charge in [-0.25, -0.2) is 9.97 Å². The number of aromatic nitrogens is 3. The minimum atomic E-state index is 0.782. The molecule has 3 heterocycles. The molecule has 0 atom stereocenters. The first kappa shape index (κ1) is 15.9. The van der Waals surface area contributed by atoms with Gasteiger partial charge in [-0.2, -0.15) is 0 Å². The second-order valence-corrected chi connectivity index (χ2v) is 6.75. The molecule has 4 rings (SSSR count). The van der Waals surface area contributed by atoms with Gasteiger partial charge >= 0.3 is 0 Å². The number of nitrogens with zero attached hydrogens (tertiary/aromatic N) is 3. The van der Waals surface area contributed by atoms with Gasteiger partial charge in [0.15, 0.2) is 0 Å². The summed E-state index contributed by atoms with van der Waals surface area (Å²) in [6, 6.07) is 11.0. The molecule has 1 aromatic carbocycles. The monoisotopic (exact) mass is 335 g/mol. The van der Waals surface area contributed by atoms with Crippen molar-refractivity contribution < 1.29 is 0 Å². The highest BCUT2D eigenvalue weighted by Crippen LogP contribution is 2.22. The van der Waals surface area contributed by atoms with E-state index in [4.69, 9.17) is 0 Å². The van der Waals surface area contributed by atoms with Gasteiger partial charge < -0.3 is 15.2 Å². The van der Waals surface area contributed by atoms with Crippen LogP contribution in [0.15, 0.2) is 36.5 Å².